The Hall–Kier alpha value is -0.650. The fourth-order valence-electron chi connectivity index (χ4n) is 2.14. The molecule has 0 aliphatic rings. The summed E-state index contributed by atoms with van der Waals surface area (Å²) in [6, 6.07) is 2.43. The smallest absolute Gasteiger partial charge is 0.0669 e. The quantitative estimate of drug-likeness (QED) is 0.913. The second-order valence-electron chi connectivity index (χ2n) is 4.30. The molecular formula is C13H18BrN3S. The van der Waals surface area contributed by atoms with E-state index in [4.69, 9.17) is 0 Å². The van der Waals surface area contributed by atoms with Crippen LogP contribution in [0.4, 0.5) is 0 Å². The van der Waals surface area contributed by atoms with E-state index in [1.165, 1.54) is 20.6 Å². The van der Waals surface area contributed by atoms with Gasteiger partial charge in [-0.25, -0.2) is 0 Å². The summed E-state index contributed by atoms with van der Waals surface area (Å²) in [5, 5.41) is 10.0. The lowest BCUT2D eigenvalue weighted by Crippen LogP contribution is -2.19. The maximum atomic E-state index is 4.52. The minimum atomic E-state index is 0.323. The van der Waals surface area contributed by atoms with Crippen LogP contribution in [0, 0.1) is 0 Å². The van der Waals surface area contributed by atoms with Crippen molar-refractivity contribution in [2.45, 2.75) is 25.8 Å². The van der Waals surface area contributed by atoms with Crippen molar-refractivity contribution in [3.63, 3.8) is 0 Å². The Labute approximate surface area is 120 Å². The molecule has 0 saturated heterocycles. The van der Waals surface area contributed by atoms with Crippen molar-refractivity contribution in [3.05, 3.63) is 38.3 Å². The Morgan fingerprint density at radius 1 is 1.56 bits per heavy atom. The van der Waals surface area contributed by atoms with Gasteiger partial charge in [-0.2, -0.15) is 5.10 Å². The molecule has 0 spiro atoms. The van der Waals surface area contributed by atoms with Crippen molar-refractivity contribution < 1.29 is 0 Å². The maximum absolute atomic E-state index is 4.52. The summed E-state index contributed by atoms with van der Waals surface area (Å²) in [6.45, 7) is 2.15. The molecule has 3 nitrogen and oxygen atoms in total. The lowest BCUT2D eigenvalue weighted by molar-refractivity contribution is 0.590. The molecule has 2 aromatic heterocycles. The normalized spacial score (nSPS) is 12.9. The Bertz CT molecular complexity index is 518. The molecule has 2 heterocycles. The second-order valence-corrected chi connectivity index (χ2v) is 6.15. The van der Waals surface area contributed by atoms with Crippen molar-refractivity contribution in [1.82, 2.24) is 15.1 Å². The van der Waals surface area contributed by atoms with E-state index in [1.54, 1.807) is 11.3 Å². The number of aryl methyl sites for hydroxylation is 2. The summed E-state index contributed by atoms with van der Waals surface area (Å²) in [4.78, 5) is 1.38. The van der Waals surface area contributed by atoms with Crippen LogP contribution in [0.2, 0.25) is 0 Å². The highest BCUT2D eigenvalue weighted by molar-refractivity contribution is 9.10. The van der Waals surface area contributed by atoms with Crippen LogP contribution in [0.25, 0.3) is 0 Å². The molecule has 0 aliphatic heterocycles. The zero-order chi connectivity index (χ0) is 13.1. The van der Waals surface area contributed by atoms with Gasteiger partial charge in [0.25, 0.3) is 0 Å². The van der Waals surface area contributed by atoms with E-state index in [9.17, 15) is 0 Å². The first-order chi connectivity index (χ1) is 8.65. The first kappa shape index (κ1) is 13.8. The van der Waals surface area contributed by atoms with Crippen LogP contribution in [-0.4, -0.2) is 16.8 Å². The third-order valence-corrected chi connectivity index (χ3v) is 5.03. The van der Waals surface area contributed by atoms with Crippen LogP contribution in [0.1, 0.15) is 29.1 Å². The van der Waals surface area contributed by atoms with Gasteiger partial charge in [0.2, 0.25) is 0 Å². The van der Waals surface area contributed by atoms with E-state index in [1.807, 2.05) is 18.8 Å². The standard InChI is InChI=1S/C13H18BrN3S/c1-4-11-9(8-17(3)16-11)12(15-2)7-13-10(14)5-6-18-13/h5-6,8,12,15H,4,7H2,1-3H3. The van der Waals surface area contributed by atoms with Gasteiger partial charge < -0.3 is 5.32 Å². The molecule has 2 rings (SSSR count). The minimum Gasteiger partial charge on any atom is -0.313 e. The molecule has 0 aromatic carbocycles. The molecule has 2 aromatic rings. The Morgan fingerprint density at radius 2 is 2.33 bits per heavy atom. The van der Waals surface area contributed by atoms with E-state index in [2.05, 4.69) is 50.9 Å². The molecule has 0 amide bonds. The molecule has 0 aliphatic carbocycles. The van der Waals surface area contributed by atoms with Gasteiger partial charge >= 0.3 is 0 Å². The van der Waals surface area contributed by atoms with Gasteiger partial charge in [-0.05, 0) is 40.8 Å². The Morgan fingerprint density at radius 3 is 2.89 bits per heavy atom. The van der Waals surface area contributed by atoms with E-state index in [0.717, 1.165) is 12.8 Å². The minimum absolute atomic E-state index is 0.323. The molecular weight excluding hydrogens is 310 g/mol. The average molecular weight is 328 g/mol. The SMILES string of the molecule is CCc1nn(C)cc1C(Cc1sccc1Br)NC. The molecule has 18 heavy (non-hydrogen) atoms. The van der Waals surface area contributed by atoms with Crippen molar-refractivity contribution in [2.24, 2.45) is 7.05 Å². The molecule has 98 valence electrons. The molecule has 1 unspecified atom stereocenters. The van der Waals surface area contributed by atoms with E-state index in [-0.39, 0.29) is 0 Å². The van der Waals surface area contributed by atoms with Gasteiger partial charge in [0.05, 0.1) is 5.69 Å². The van der Waals surface area contributed by atoms with Crippen LogP contribution in [-0.2, 0) is 19.9 Å². The van der Waals surface area contributed by atoms with Crippen LogP contribution in [0.3, 0.4) is 0 Å². The topological polar surface area (TPSA) is 29.9 Å². The van der Waals surface area contributed by atoms with E-state index >= 15 is 0 Å². The summed E-state index contributed by atoms with van der Waals surface area (Å²) in [5.74, 6) is 0. The Balaban J connectivity index is 2.25. The van der Waals surface area contributed by atoms with Crippen molar-refractivity contribution >= 4 is 27.3 Å². The monoisotopic (exact) mass is 327 g/mol. The average Bonchev–Trinajstić information content (AvgIpc) is 2.92. The lowest BCUT2D eigenvalue weighted by atomic mass is 10.0. The summed E-state index contributed by atoms with van der Waals surface area (Å²) in [7, 11) is 4.00. The molecule has 1 atom stereocenters. The van der Waals surface area contributed by atoms with Crippen LogP contribution < -0.4 is 5.32 Å². The molecule has 0 radical (unpaired) electrons. The molecule has 1 N–H and O–H groups in total. The van der Waals surface area contributed by atoms with E-state index < -0.39 is 0 Å². The van der Waals surface area contributed by atoms with Crippen LogP contribution in [0.5, 0.6) is 0 Å². The number of thiophene rings is 1. The number of nitrogens with one attached hydrogen (secondary N) is 1. The summed E-state index contributed by atoms with van der Waals surface area (Å²) < 4.78 is 3.11. The predicted molar refractivity (Wildman–Crippen MR) is 80.1 cm³/mol. The highest BCUT2D eigenvalue weighted by atomic mass is 79.9. The number of rotatable bonds is 5. The number of hydrogen-bond donors (Lipinski definition) is 1. The number of nitrogens with zero attached hydrogens (tertiary/aromatic N) is 2. The predicted octanol–water partition coefficient (Wildman–Crippen LogP) is 3.31. The Kier molecular flexibility index (Phi) is 4.59. The van der Waals surface area contributed by atoms with Crippen molar-refractivity contribution in [2.75, 3.05) is 7.05 Å². The number of halogens is 1. The molecule has 0 bridgehead atoms. The van der Waals surface area contributed by atoms with Gasteiger partial charge in [0.1, 0.15) is 0 Å². The fraction of sp³-hybridized carbons (Fsp3) is 0.462. The molecule has 0 fully saturated rings. The summed E-state index contributed by atoms with van der Waals surface area (Å²) in [5.41, 5.74) is 2.49. The summed E-state index contributed by atoms with van der Waals surface area (Å²) >= 11 is 5.39. The summed E-state index contributed by atoms with van der Waals surface area (Å²) in [6.07, 6.45) is 4.09. The van der Waals surface area contributed by atoms with Crippen LogP contribution in [0.15, 0.2) is 22.1 Å². The van der Waals surface area contributed by atoms with E-state index in [0.29, 0.717) is 6.04 Å². The van der Waals surface area contributed by atoms with Gasteiger partial charge in [-0.1, -0.05) is 6.92 Å². The van der Waals surface area contributed by atoms with Gasteiger partial charge in [-0.3, -0.25) is 4.68 Å². The van der Waals surface area contributed by atoms with Gasteiger partial charge in [0, 0.05) is 40.6 Å². The zero-order valence-corrected chi connectivity index (χ0v) is 13.3. The third kappa shape index (κ3) is 2.84. The van der Waals surface area contributed by atoms with Crippen molar-refractivity contribution in [3.8, 4) is 0 Å². The fourth-order valence-corrected chi connectivity index (χ4v) is 3.70. The lowest BCUT2D eigenvalue weighted by Gasteiger charge is -2.15. The zero-order valence-electron chi connectivity index (χ0n) is 10.9. The highest BCUT2D eigenvalue weighted by Crippen LogP contribution is 2.29. The highest BCUT2D eigenvalue weighted by Gasteiger charge is 2.18. The number of aromatic nitrogens is 2. The molecule has 0 saturated carbocycles. The first-order valence-corrected chi connectivity index (χ1v) is 7.74. The number of hydrogen-bond acceptors (Lipinski definition) is 3. The van der Waals surface area contributed by atoms with Gasteiger partial charge in [-0.15, -0.1) is 11.3 Å². The first-order valence-electron chi connectivity index (χ1n) is 6.07. The van der Waals surface area contributed by atoms with Crippen molar-refractivity contribution in [1.29, 1.82) is 0 Å². The number of likely N-dealkylation sites (N-methyl/N-ethyl adjacent to an activating group) is 1. The van der Waals surface area contributed by atoms with Gasteiger partial charge in [0.15, 0.2) is 0 Å². The second kappa shape index (κ2) is 5.99. The molecule has 5 heteroatoms. The third-order valence-electron chi connectivity index (χ3n) is 3.08. The maximum Gasteiger partial charge on any atom is 0.0669 e. The largest absolute Gasteiger partial charge is 0.313 e. The van der Waals surface area contributed by atoms with Crippen LogP contribution >= 0.6 is 27.3 Å².